The molecular formula is C19H26N4O3S2. The van der Waals surface area contributed by atoms with Crippen LogP contribution in [-0.4, -0.2) is 50.8 Å². The van der Waals surface area contributed by atoms with Gasteiger partial charge in [-0.1, -0.05) is 18.2 Å². The molecule has 0 aromatic carbocycles. The minimum absolute atomic E-state index is 0.0520. The number of carbonyl (C=O) groups is 1. The van der Waals surface area contributed by atoms with Crippen molar-refractivity contribution >= 4 is 27.4 Å². The van der Waals surface area contributed by atoms with Crippen LogP contribution in [0.1, 0.15) is 59.3 Å². The van der Waals surface area contributed by atoms with Gasteiger partial charge in [0.2, 0.25) is 0 Å². The summed E-state index contributed by atoms with van der Waals surface area (Å²) in [4.78, 5) is 12.9. The van der Waals surface area contributed by atoms with Crippen LogP contribution in [0.2, 0.25) is 0 Å². The van der Waals surface area contributed by atoms with Gasteiger partial charge in [-0.3, -0.25) is 4.79 Å². The van der Waals surface area contributed by atoms with Gasteiger partial charge in [-0.15, -0.1) is 10.2 Å². The summed E-state index contributed by atoms with van der Waals surface area (Å²) in [6.07, 6.45) is 5.04. The first-order valence-electron chi connectivity index (χ1n) is 9.82. The molecule has 1 fully saturated rings. The van der Waals surface area contributed by atoms with E-state index in [-0.39, 0.29) is 23.3 Å². The molecule has 152 valence electrons. The molecule has 0 N–H and O–H groups in total. The second-order valence-electron chi connectivity index (χ2n) is 7.78. The van der Waals surface area contributed by atoms with Crippen LogP contribution in [0.4, 0.5) is 0 Å². The quantitative estimate of drug-likeness (QED) is 0.544. The molecule has 2 aliphatic rings. The fourth-order valence-electron chi connectivity index (χ4n) is 4.37. The number of sulfone groups is 1. The third-order valence-electron chi connectivity index (χ3n) is 5.77. The third-order valence-corrected chi connectivity index (χ3v) is 8.48. The molecule has 2 aromatic rings. The van der Waals surface area contributed by atoms with E-state index in [9.17, 15) is 13.2 Å². The molecule has 9 heteroatoms. The molecule has 28 heavy (non-hydrogen) atoms. The zero-order valence-corrected chi connectivity index (χ0v) is 18.0. The first kappa shape index (κ1) is 19.7. The number of nitrogens with zero attached hydrogens (tertiary/aromatic N) is 4. The van der Waals surface area contributed by atoms with E-state index in [0.717, 1.165) is 48.2 Å². The normalized spacial score (nSPS) is 21.4. The Kier molecular flexibility index (Phi) is 5.39. The highest BCUT2D eigenvalue weighted by atomic mass is 32.2. The minimum Gasteiger partial charge on any atom is -0.344 e. The maximum absolute atomic E-state index is 12.9. The Morgan fingerprint density at radius 3 is 2.82 bits per heavy atom. The fraction of sp³-hybridized carbons (Fsp3) is 0.632. The average molecular weight is 423 g/mol. The van der Waals surface area contributed by atoms with Crippen LogP contribution in [0.5, 0.6) is 0 Å². The van der Waals surface area contributed by atoms with Crippen molar-refractivity contribution in [2.75, 3.05) is 17.3 Å². The Labute approximate surface area is 169 Å². The lowest BCUT2D eigenvalue weighted by Gasteiger charge is -2.16. The second kappa shape index (κ2) is 7.67. The van der Waals surface area contributed by atoms with Gasteiger partial charge in [0.05, 0.1) is 17.3 Å². The molecule has 2 aromatic heterocycles. The number of fused-ring (bicyclic) bond motifs is 1. The molecule has 0 radical (unpaired) electrons. The molecular weight excluding hydrogens is 396 g/mol. The Balaban J connectivity index is 1.49. The molecule has 7 nitrogen and oxygen atoms in total. The molecule has 1 atom stereocenters. The van der Waals surface area contributed by atoms with Crippen molar-refractivity contribution in [3.63, 3.8) is 0 Å². The van der Waals surface area contributed by atoms with E-state index in [4.69, 9.17) is 0 Å². The molecule has 0 saturated carbocycles. The van der Waals surface area contributed by atoms with Crippen molar-refractivity contribution in [3.8, 4) is 0 Å². The van der Waals surface area contributed by atoms with Gasteiger partial charge in [0.15, 0.2) is 20.8 Å². The molecule has 0 spiro atoms. The SMILES string of the molecule is Cc1cc(C(=O)CSc2nnc3n2CCCCC3)c(C)n1[C@H]1CCS(=O)(=O)C1. The standard InChI is InChI=1S/C19H26N4O3S2/c1-13-10-16(14(2)23(13)15-7-9-28(25,26)12-15)17(24)11-27-19-21-20-18-6-4-3-5-8-22(18)19/h10,15H,3-9,11-12H2,1-2H3/t15-/m0/s1. The van der Waals surface area contributed by atoms with Gasteiger partial charge in [0, 0.05) is 36.0 Å². The van der Waals surface area contributed by atoms with Gasteiger partial charge in [-0.05, 0) is 39.2 Å². The third kappa shape index (κ3) is 3.78. The van der Waals surface area contributed by atoms with Gasteiger partial charge in [-0.2, -0.15) is 0 Å². The molecule has 1 saturated heterocycles. The predicted molar refractivity (Wildman–Crippen MR) is 109 cm³/mol. The molecule has 0 bridgehead atoms. The largest absolute Gasteiger partial charge is 0.344 e. The highest BCUT2D eigenvalue weighted by Crippen LogP contribution is 2.30. The number of hydrogen-bond acceptors (Lipinski definition) is 6. The van der Waals surface area contributed by atoms with E-state index in [0.29, 0.717) is 17.7 Å². The van der Waals surface area contributed by atoms with E-state index >= 15 is 0 Å². The van der Waals surface area contributed by atoms with E-state index in [1.165, 1.54) is 18.2 Å². The summed E-state index contributed by atoms with van der Waals surface area (Å²) in [6, 6.07) is 1.83. The van der Waals surface area contributed by atoms with E-state index in [1.807, 2.05) is 24.5 Å². The first-order chi connectivity index (χ1) is 13.4. The number of thioether (sulfide) groups is 1. The summed E-state index contributed by atoms with van der Waals surface area (Å²) >= 11 is 1.44. The maximum Gasteiger partial charge on any atom is 0.191 e. The number of aromatic nitrogens is 4. The predicted octanol–water partition coefficient (Wildman–Crippen LogP) is 2.76. The van der Waals surface area contributed by atoms with E-state index in [1.54, 1.807) is 0 Å². The van der Waals surface area contributed by atoms with Crippen molar-refractivity contribution in [2.24, 2.45) is 0 Å². The maximum atomic E-state index is 12.9. The number of carbonyl (C=O) groups excluding carboxylic acids is 1. The van der Waals surface area contributed by atoms with Gasteiger partial charge in [0.25, 0.3) is 0 Å². The smallest absolute Gasteiger partial charge is 0.191 e. The summed E-state index contributed by atoms with van der Waals surface area (Å²) in [5.74, 6) is 1.78. The van der Waals surface area contributed by atoms with Crippen molar-refractivity contribution in [1.82, 2.24) is 19.3 Å². The van der Waals surface area contributed by atoms with Crippen LogP contribution in [0.3, 0.4) is 0 Å². The molecule has 2 aliphatic heterocycles. The topological polar surface area (TPSA) is 86.8 Å². The van der Waals surface area contributed by atoms with Crippen molar-refractivity contribution in [2.45, 2.75) is 63.7 Å². The summed E-state index contributed by atoms with van der Waals surface area (Å²) in [7, 11) is -2.97. The van der Waals surface area contributed by atoms with Crippen molar-refractivity contribution < 1.29 is 13.2 Å². The van der Waals surface area contributed by atoms with E-state index < -0.39 is 9.84 Å². The van der Waals surface area contributed by atoms with Crippen LogP contribution in [-0.2, 0) is 22.8 Å². The van der Waals surface area contributed by atoms with Crippen LogP contribution >= 0.6 is 11.8 Å². The van der Waals surface area contributed by atoms with E-state index in [2.05, 4.69) is 14.8 Å². The van der Waals surface area contributed by atoms with Gasteiger partial charge in [-0.25, -0.2) is 8.42 Å². The highest BCUT2D eigenvalue weighted by Gasteiger charge is 2.31. The Morgan fingerprint density at radius 2 is 2.07 bits per heavy atom. The Bertz CT molecular complexity index is 1010. The number of hydrogen-bond donors (Lipinski definition) is 0. The van der Waals surface area contributed by atoms with Gasteiger partial charge in [0.1, 0.15) is 5.82 Å². The summed E-state index contributed by atoms with van der Waals surface area (Å²) in [5.41, 5.74) is 2.50. The summed E-state index contributed by atoms with van der Waals surface area (Å²) < 4.78 is 27.9. The lowest BCUT2D eigenvalue weighted by atomic mass is 10.2. The van der Waals surface area contributed by atoms with Crippen LogP contribution in [0.15, 0.2) is 11.2 Å². The Morgan fingerprint density at radius 1 is 1.25 bits per heavy atom. The first-order valence-corrected chi connectivity index (χ1v) is 12.6. The fourth-order valence-corrected chi connectivity index (χ4v) is 6.94. The molecule has 4 heterocycles. The molecule has 0 unspecified atom stereocenters. The zero-order valence-electron chi connectivity index (χ0n) is 16.3. The minimum atomic E-state index is -2.97. The number of Topliss-reactive ketones (excluding diaryl/α,β-unsaturated/α-hetero) is 1. The lowest BCUT2D eigenvalue weighted by Crippen LogP contribution is -2.14. The lowest BCUT2D eigenvalue weighted by molar-refractivity contribution is 0.102. The zero-order chi connectivity index (χ0) is 19.9. The van der Waals surface area contributed by atoms with Crippen LogP contribution < -0.4 is 0 Å². The number of rotatable bonds is 5. The monoisotopic (exact) mass is 422 g/mol. The van der Waals surface area contributed by atoms with Crippen LogP contribution in [0.25, 0.3) is 0 Å². The molecule has 0 amide bonds. The average Bonchev–Trinajstić information content (AvgIpc) is 3.22. The van der Waals surface area contributed by atoms with Gasteiger partial charge < -0.3 is 9.13 Å². The highest BCUT2D eigenvalue weighted by molar-refractivity contribution is 7.99. The molecule has 4 rings (SSSR count). The summed E-state index contributed by atoms with van der Waals surface area (Å²) in [6.45, 7) is 4.78. The number of ketones is 1. The van der Waals surface area contributed by atoms with Gasteiger partial charge >= 0.3 is 0 Å². The second-order valence-corrected chi connectivity index (χ2v) is 11.0. The summed E-state index contributed by atoms with van der Waals surface area (Å²) in [5, 5.41) is 9.39. The van der Waals surface area contributed by atoms with Crippen molar-refractivity contribution in [3.05, 3.63) is 28.8 Å². The number of aryl methyl sites for hydroxylation is 2. The molecule has 0 aliphatic carbocycles. The van der Waals surface area contributed by atoms with Crippen LogP contribution in [0, 0.1) is 13.8 Å². The Hall–Kier alpha value is -1.61. The van der Waals surface area contributed by atoms with Crippen molar-refractivity contribution in [1.29, 1.82) is 0 Å².